The number of halogens is 1. The van der Waals surface area contributed by atoms with E-state index in [1.807, 2.05) is 19.9 Å². The lowest BCUT2D eigenvalue weighted by Crippen LogP contribution is -2.02. The Hall–Kier alpha value is -1.54. The Morgan fingerprint density at radius 1 is 1.33 bits per heavy atom. The lowest BCUT2D eigenvalue weighted by atomic mass is 10.1. The van der Waals surface area contributed by atoms with E-state index in [0.29, 0.717) is 21.4 Å². The first kappa shape index (κ1) is 15.8. The number of nitrogens with zero attached hydrogens (tertiary/aromatic N) is 2. The zero-order valence-corrected chi connectivity index (χ0v) is 13.4. The second-order valence-electron chi connectivity index (χ2n) is 4.75. The fourth-order valence-corrected chi connectivity index (χ4v) is 3.18. The second-order valence-corrected chi connectivity index (χ2v) is 6.20. The Morgan fingerprint density at radius 3 is 2.62 bits per heavy atom. The summed E-state index contributed by atoms with van der Waals surface area (Å²) in [5.74, 6) is 0.437. The van der Waals surface area contributed by atoms with Crippen molar-refractivity contribution in [1.29, 1.82) is 5.26 Å². The smallest absolute Gasteiger partial charge is 0.114 e. The van der Waals surface area contributed by atoms with Gasteiger partial charge < -0.3 is 5.11 Å². The third kappa shape index (κ3) is 3.98. The lowest BCUT2D eigenvalue weighted by molar-refractivity contribution is 0.204. The number of thioether (sulfide) groups is 1. The number of rotatable bonds is 4. The largest absolute Gasteiger partial charge is 0.388 e. The summed E-state index contributed by atoms with van der Waals surface area (Å²) in [6.45, 7) is 3.79. The fraction of sp³-hybridized carbons (Fsp3) is 0.250. The lowest BCUT2D eigenvalue weighted by Gasteiger charge is -2.12. The van der Waals surface area contributed by atoms with E-state index in [1.54, 1.807) is 24.3 Å². The van der Waals surface area contributed by atoms with Gasteiger partial charge in [-0.15, -0.1) is 11.8 Å². The molecule has 0 amide bonds. The Bertz CT molecular complexity index is 680. The van der Waals surface area contributed by atoms with Gasteiger partial charge in [0.05, 0.1) is 11.7 Å². The second kappa shape index (κ2) is 6.95. The van der Waals surface area contributed by atoms with Gasteiger partial charge in [-0.05, 0) is 43.2 Å². The molecule has 0 bridgehead atoms. The first-order valence-electron chi connectivity index (χ1n) is 6.46. The van der Waals surface area contributed by atoms with Crippen LogP contribution in [0.2, 0.25) is 5.02 Å². The summed E-state index contributed by atoms with van der Waals surface area (Å²) >= 11 is 7.22. The highest BCUT2D eigenvalue weighted by Crippen LogP contribution is 2.28. The molecule has 108 valence electrons. The van der Waals surface area contributed by atoms with Gasteiger partial charge >= 0.3 is 0 Å². The number of pyridine rings is 1. The van der Waals surface area contributed by atoms with Gasteiger partial charge in [-0.1, -0.05) is 23.7 Å². The molecule has 0 fully saturated rings. The number of aliphatic hydroxyl groups excluding tert-OH is 1. The topological polar surface area (TPSA) is 56.9 Å². The van der Waals surface area contributed by atoms with Crippen LogP contribution in [0.25, 0.3) is 0 Å². The van der Waals surface area contributed by atoms with E-state index in [2.05, 4.69) is 11.1 Å². The molecule has 2 rings (SSSR count). The van der Waals surface area contributed by atoms with Crippen molar-refractivity contribution in [3.8, 4) is 6.07 Å². The minimum absolute atomic E-state index is 0.437. The summed E-state index contributed by atoms with van der Waals surface area (Å²) in [5, 5.41) is 20.7. The van der Waals surface area contributed by atoms with Crippen LogP contribution >= 0.6 is 23.4 Å². The van der Waals surface area contributed by atoms with Crippen LogP contribution in [-0.4, -0.2) is 15.8 Å². The highest BCUT2D eigenvalue weighted by molar-refractivity contribution is 7.99. The Kier molecular flexibility index (Phi) is 5.24. The van der Waals surface area contributed by atoms with Crippen LogP contribution in [-0.2, 0) is 0 Å². The summed E-state index contributed by atoms with van der Waals surface area (Å²) in [6, 6.07) is 11.2. The predicted octanol–water partition coefficient (Wildman–Crippen LogP) is 4.05. The van der Waals surface area contributed by atoms with Crippen molar-refractivity contribution >= 4 is 23.4 Å². The highest BCUT2D eigenvalue weighted by Gasteiger charge is 2.13. The minimum Gasteiger partial charge on any atom is -0.388 e. The highest BCUT2D eigenvalue weighted by atomic mass is 35.5. The summed E-state index contributed by atoms with van der Waals surface area (Å²) in [7, 11) is 0. The summed E-state index contributed by atoms with van der Waals surface area (Å²) in [6.07, 6.45) is -0.624. The van der Waals surface area contributed by atoms with Crippen LogP contribution in [0.5, 0.6) is 0 Å². The van der Waals surface area contributed by atoms with Gasteiger partial charge in [-0.3, -0.25) is 0 Å². The first-order valence-corrected chi connectivity index (χ1v) is 7.82. The van der Waals surface area contributed by atoms with Gasteiger partial charge in [0.2, 0.25) is 0 Å². The molecule has 1 atom stereocenters. The van der Waals surface area contributed by atoms with E-state index in [0.717, 1.165) is 16.8 Å². The summed E-state index contributed by atoms with van der Waals surface area (Å²) in [4.78, 5) is 4.39. The van der Waals surface area contributed by atoms with Gasteiger partial charge in [0, 0.05) is 16.5 Å². The molecule has 2 aromatic rings. The van der Waals surface area contributed by atoms with Crippen molar-refractivity contribution < 1.29 is 5.11 Å². The molecule has 1 N–H and O–H groups in total. The van der Waals surface area contributed by atoms with E-state index in [1.165, 1.54) is 11.8 Å². The zero-order valence-electron chi connectivity index (χ0n) is 11.8. The molecule has 0 aliphatic carbocycles. The van der Waals surface area contributed by atoms with Crippen LogP contribution in [0.3, 0.4) is 0 Å². The number of hydrogen-bond donors (Lipinski definition) is 1. The SMILES string of the molecule is Cc1cc(C)c(C#N)c(SCC(O)c2ccc(Cl)cc2)n1. The number of aromatic nitrogens is 1. The molecule has 0 aliphatic rings. The van der Waals surface area contributed by atoms with Crippen molar-refractivity contribution in [2.24, 2.45) is 0 Å². The number of nitriles is 1. The van der Waals surface area contributed by atoms with Crippen molar-refractivity contribution in [3.05, 3.63) is 57.7 Å². The maximum atomic E-state index is 10.2. The number of aryl methyl sites for hydroxylation is 2. The maximum Gasteiger partial charge on any atom is 0.114 e. The van der Waals surface area contributed by atoms with E-state index in [-0.39, 0.29) is 0 Å². The van der Waals surface area contributed by atoms with Crippen molar-refractivity contribution in [2.75, 3.05) is 5.75 Å². The van der Waals surface area contributed by atoms with Gasteiger partial charge in [0.25, 0.3) is 0 Å². The first-order chi connectivity index (χ1) is 10.0. The van der Waals surface area contributed by atoms with E-state index >= 15 is 0 Å². The molecule has 0 spiro atoms. The van der Waals surface area contributed by atoms with E-state index in [4.69, 9.17) is 11.6 Å². The number of benzene rings is 1. The molecule has 0 saturated carbocycles. The molecule has 1 heterocycles. The Labute approximate surface area is 133 Å². The minimum atomic E-state index is -0.624. The normalized spacial score (nSPS) is 12.0. The van der Waals surface area contributed by atoms with Crippen LogP contribution < -0.4 is 0 Å². The third-order valence-electron chi connectivity index (χ3n) is 3.06. The molecule has 0 aliphatic heterocycles. The van der Waals surface area contributed by atoms with E-state index in [9.17, 15) is 10.4 Å². The molecule has 1 unspecified atom stereocenters. The third-order valence-corrected chi connectivity index (χ3v) is 4.36. The molecular weight excluding hydrogens is 304 g/mol. The van der Waals surface area contributed by atoms with Crippen molar-refractivity contribution in [1.82, 2.24) is 4.98 Å². The molecule has 1 aromatic heterocycles. The van der Waals surface area contributed by atoms with Crippen LogP contribution in [0.4, 0.5) is 0 Å². The molecule has 3 nitrogen and oxygen atoms in total. The van der Waals surface area contributed by atoms with Crippen LogP contribution in [0, 0.1) is 25.2 Å². The van der Waals surface area contributed by atoms with Crippen LogP contribution in [0.1, 0.15) is 28.5 Å². The number of aliphatic hydroxyl groups is 1. The van der Waals surface area contributed by atoms with Gasteiger partial charge in [0.1, 0.15) is 11.1 Å². The monoisotopic (exact) mass is 318 g/mol. The predicted molar refractivity (Wildman–Crippen MR) is 85.6 cm³/mol. The van der Waals surface area contributed by atoms with Crippen LogP contribution in [0.15, 0.2) is 35.4 Å². The number of hydrogen-bond acceptors (Lipinski definition) is 4. The molecule has 0 saturated heterocycles. The van der Waals surface area contributed by atoms with E-state index < -0.39 is 6.10 Å². The van der Waals surface area contributed by atoms with Crippen molar-refractivity contribution in [2.45, 2.75) is 25.0 Å². The van der Waals surface area contributed by atoms with Gasteiger partial charge in [-0.2, -0.15) is 5.26 Å². The van der Waals surface area contributed by atoms with Gasteiger partial charge in [0.15, 0.2) is 0 Å². The van der Waals surface area contributed by atoms with Gasteiger partial charge in [-0.25, -0.2) is 4.98 Å². The average Bonchev–Trinajstić information content (AvgIpc) is 2.45. The maximum absolute atomic E-state index is 10.2. The molecular formula is C16H15ClN2OS. The van der Waals surface area contributed by atoms with Crippen molar-refractivity contribution in [3.63, 3.8) is 0 Å². The summed E-state index contributed by atoms with van der Waals surface area (Å²) < 4.78 is 0. The fourth-order valence-electron chi connectivity index (χ4n) is 1.98. The average molecular weight is 319 g/mol. The summed E-state index contributed by atoms with van der Waals surface area (Å²) in [5.41, 5.74) is 3.16. The molecule has 21 heavy (non-hydrogen) atoms. The standard InChI is InChI=1S/C16H15ClN2OS/c1-10-7-11(2)19-16(14(10)8-18)21-9-15(20)12-3-5-13(17)6-4-12/h3-7,15,20H,9H2,1-2H3. The quantitative estimate of drug-likeness (QED) is 0.864. The zero-order chi connectivity index (χ0) is 15.4. The molecule has 5 heteroatoms. The molecule has 0 radical (unpaired) electrons. The Balaban J connectivity index is 2.13. The Morgan fingerprint density at radius 2 is 2.00 bits per heavy atom. The molecule has 1 aromatic carbocycles.